The molecule has 1 spiro atoms. The molecule has 1 aromatic heterocycles. The summed E-state index contributed by atoms with van der Waals surface area (Å²) < 4.78 is 14.1. The highest BCUT2D eigenvalue weighted by molar-refractivity contribution is 6.30. The van der Waals surface area contributed by atoms with Crippen molar-refractivity contribution >= 4 is 17.5 Å². The molecule has 1 N–H and O–H groups in total. The SMILES string of the molecule is O=C1N(Cc2cccc(Cl)c2)[C@H]([C@H](O)c2ccccc2)CC12CCN(Cc1ncccc1F)CC2. The largest absolute Gasteiger partial charge is 0.386 e. The van der Waals surface area contributed by atoms with Crippen molar-refractivity contribution in [2.45, 2.75) is 44.5 Å². The first-order valence-corrected chi connectivity index (χ1v) is 12.4. The molecule has 2 aliphatic rings. The van der Waals surface area contributed by atoms with Gasteiger partial charge in [-0.15, -0.1) is 0 Å². The Hall–Kier alpha value is -2.80. The third-order valence-corrected chi connectivity index (χ3v) is 7.72. The predicted octanol–water partition coefficient (Wildman–Crippen LogP) is 4.99. The second-order valence-corrected chi connectivity index (χ2v) is 10.1. The number of hydrogen-bond donors (Lipinski definition) is 1. The highest BCUT2D eigenvalue weighted by atomic mass is 35.5. The minimum atomic E-state index is -0.778. The summed E-state index contributed by atoms with van der Waals surface area (Å²) in [5, 5.41) is 12.0. The number of halogens is 2. The molecular weight excluding hydrogens is 465 g/mol. The quantitative estimate of drug-likeness (QED) is 0.525. The smallest absolute Gasteiger partial charge is 0.229 e. The number of carbonyl (C=O) groups excluding carboxylic acids is 1. The maximum absolute atomic E-state index is 14.1. The summed E-state index contributed by atoms with van der Waals surface area (Å²) in [6, 6.07) is 19.7. The molecule has 5 rings (SSSR count). The maximum atomic E-state index is 14.1. The van der Waals surface area contributed by atoms with E-state index in [9.17, 15) is 14.3 Å². The molecule has 0 unspecified atom stereocenters. The van der Waals surface area contributed by atoms with Gasteiger partial charge in [0.15, 0.2) is 0 Å². The second kappa shape index (κ2) is 10.1. The van der Waals surface area contributed by atoms with Gasteiger partial charge in [0.05, 0.1) is 23.3 Å². The number of pyridine rings is 1. The summed E-state index contributed by atoms with van der Waals surface area (Å²) in [5.41, 5.74) is 1.65. The van der Waals surface area contributed by atoms with E-state index < -0.39 is 11.5 Å². The highest BCUT2D eigenvalue weighted by Crippen LogP contribution is 2.48. The van der Waals surface area contributed by atoms with Gasteiger partial charge in [0.1, 0.15) is 5.82 Å². The van der Waals surface area contributed by atoms with Crippen LogP contribution in [0.4, 0.5) is 4.39 Å². The first-order chi connectivity index (χ1) is 16.9. The van der Waals surface area contributed by atoms with Crippen molar-refractivity contribution in [3.8, 4) is 0 Å². The van der Waals surface area contributed by atoms with E-state index in [4.69, 9.17) is 11.6 Å². The van der Waals surface area contributed by atoms with Crippen LogP contribution in [0.5, 0.6) is 0 Å². The van der Waals surface area contributed by atoms with Crippen molar-refractivity contribution in [3.63, 3.8) is 0 Å². The van der Waals surface area contributed by atoms with Crippen LogP contribution in [0.2, 0.25) is 5.02 Å². The molecule has 35 heavy (non-hydrogen) atoms. The number of rotatable bonds is 6. The third-order valence-electron chi connectivity index (χ3n) is 7.48. The highest BCUT2D eigenvalue weighted by Gasteiger charge is 2.54. The maximum Gasteiger partial charge on any atom is 0.229 e. The third kappa shape index (κ3) is 4.96. The standard InChI is InChI=1S/C28H29ClFN3O2/c29-22-9-4-6-20(16-22)18-33-25(26(34)21-7-2-1-3-8-21)17-28(27(33)35)11-14-32(15-12-28)19-24-23(30)10-5-13-31-24/h1-10,13,16,25-26,34H,11-12,14-15,17-19H2/t25-,26+/m0/s1. The number of piperidine rings is 1. The van der Waals surface area contributed by atoms with Gasteiger partial charge in [0.2, 0.25) is 5.91 Å². The number of benzene rings is 2. The van der Waals surface area contributed by atoms with E-state index in [0.717, 1.165) is 11.1 Å². The van der Waals surface area contributed by atoms with Gasteiger partial charge in [0, 0.05) is 24.3 Å². The fraction of sp³-hybridized carbons (Fsp3) is 0.357. The van der Waals surface area contributed by atoms with E-state index in [0.29, 0.717) is 56.2 Å². The molecule has 2 fully saturated rings. The van der Waals surface area contributed by atoms with Gasteiger partial charge in [-0.2, -0.15) is 0 Å². The molecule has 182 valence electrons. The van der Waals surface area contributed by atoms with Crippen LogP contribution in [-0.2, 0) is 17.9 Å². The first-order valence-electron chi connectivity index (χ1n) is 12.1. The lowest BCUT2D eigenvalue weighted by atomic mass is 9.75. The van der Waals surface area contributed by atoms with E-state index in [1.165, 1.54) is 6.07 Å². The van der Waals surface area contributed by atoms with Crippen molar-refractivity contribution in [1.29, 1.82) is 0 Å². The molecule has 0 radical (unpaired) electrons. The molecule has 0 saturated carbocycles. The number of nitrogens with zero attached hydrogens (tertiary/aromatic N) is 3. The molecular formula is C28H29ClFN3O2. The monoisotopic (exact) mass is 493 g/mol. The topological polar surface area (TPSA) is 56.7 Å². The Bertz CT molecular complexity index is 1180. The van der Waals surface area contributed by atoms with Gasteiger partial charge in [-0.25, -0.2) is 4.39 Å². The van der Waals surface area contributed by atoms with Crippen LogP contribution in [0.3, 0.4) is 0 Å². The Labute approximate surface area is 210 Å². The number of hydrogen-bond acceptors (Lipinski definition) is 4. The van der Waals surface area contributed by atoms with Crippen LogP contribution in [0.1, 0.15) is 42.2 Å². The average molecular weight is 494 g/mol. The minimum Gasteiger partial charge on any atom is -0.386 e. The minimum absolute atomic E-state index is 0.0844. The zero-order valence-electron chi connectivity index (χ0n) is 19.5. The van der Waals surface area contributed by atoms with Crippen molar-refractivity contribution in [3.05, 3.63) is 101 Å². The lowest BCUT2D eigenvalue weighted by Crippen LogP contribution is -2.44. The molecule has 3 heterocycles. The molecule has 5 nitrogen and oxygen atoms in total. The Kier molecular flexibility index (Phi) is 6.87. The van der Waals surface area contributed by atoms with Crippen molar-refractivity contribution in [2.75, 3.05) is 13.1 Å². The molecule has 3 aromatic rings. The van der Waals surface area contributed by atoms with E-state index >= 15 is 0 Å². The summed E-state index contributed by atoms with van der Waals surface area (Å²) in [5.74, 6) is -0.218. The Morgan fingerprint density at radius 1 is 1.06 bits per heavy atom. The van der Waals surface area contributed by atoms with E-state index in [-0.39, 0.29) is 17.8 Å². The zero-order chi connectivity index (χ0) is 24.4. The Morgan fingerprint density at radius 3 is 2.54 bits per heavy atom. The summed E-state index contributed by atoms with van der Waals surface area (Å²) in [6.45, 7) is 2.19. The van der Waals surface area contributed by atoms with Gasteiger partial charge < -0.3 is 10.0 Å². The number of likely N-dealkylation sites (tertiary alicyclic amines) is 2. The summed E-state index contributed by atoms with van der Waals surface area (Å²) >= 11 is 6.21. The van der Waals surface area contributed by atoms with Gasteiger partial charge in [-0.1, -0.05) is 54.1 Å². The number of aliphatic hydroxyl groups is 1. The molecule has 0 aliphatic carbocycles. The zero-order valence-corrected chi connectivity index (χ0v) is 20.2. The van der Waals surface area contributed by atoms with Crippen LogP contribution in [0.25, 0.3) is 0 Å². The second-order valence-electron chi connectivity index (χ2n) is 9.68. The molecule has 1 amide bonds. The summed E-state index contributed by atoms with van der Waals surface area (Å²) in [4.78, 5) is 22.1. The average Bonchev–Trinajstić information content (AvgIpc) is 3.13. The van der Waals surface area contributed by atoms with Crippen LogP contribution < -0.4 is 0 Å². The summed E-state index contributed by atoms with van der Waals surface area (Å²) in [6.07, 6.45) is 2.76. The van der Waals surface area contributed by atoms with Crippen LogP contribution in [-0.4, -0.2) is 44.9 Å². The molecule has 2 saturated heterocycles. The van der Waals surface area contributed by atoms with E-state index in [1.807, 2.05) is 59.5 Å². The van der Waals surface area contributed by atoms with Gasteiger partial charge in [-0.3, -0.25) is 14.7 Å². The number of amides is 1. The van der Waals surface area contributed by atoms with Gasteiger partial charge >= 0.3 is 0 Å². The number of aromatic nitrogens is 1. The molecule has 2 aromatic carbocycles. The normalized spacial score (nSPS) is 20.9. The number of carbonyl (C=O) groups is 1. The molecule has 2 atom stereocenters. The fourth-order valence-electron chi connectivity index (χ4n) is 5.53. The predicted molar refractivity (Wildman–Crippen MR) is 133 cm³/mol. The molecule has 2 aliphatic heterocycles. The van der Waals surface area contributed by atoms with Crippen molar-refractivity contribution in [2.24, 2.45) is 5.41 Å². The molecule has 0 bridgehead atoms. The Morgan fingerprint density at radius 2 is 1.83 bits per heavy atom. The number of aliphatic hydroxyl groups excluding tert-OH is 1. The van der Waals surface area contributed by atoms with Crippen LogP contribution >= 0.6 is 11.6 Å². The first kappa shape index (κ1) is 23.9. The lowest BCUT2D eigenvalue weighted by Gasteiger charge is -2.37. The van der Waals surface area contributed by atoms with E-state index in [1.54, 1.807) is 12.3 Å². The van der Waals surface area contributed by atoms with Gasteiger partial charge in [0.25, 0.3) is 0 Å². The summed E-state index contributed by atoms with van der Waals surface area (Å²) in [7, 11) is 0. The fourth-order valence-corrected chi connectivity index (χ4v) is 5.75. The van der Waals surface area contributed by atoms with Crippen molar-refractivity contribution in [1.82, 2.24) is 14.8 Å². The van der Waals surface area contributed by atoms with Gasteiger partial charge in [-0.05, 0) is 67.7 Å². The lowest BCUT2D eigenvalue weighted by molar-refractivity contribution is -0.140. The molecule has 7 heteroatoms. The van der Waals surface area contributed by atoms with Crippen molar-refractivity contribution < 1.29 is 14.3 Å². The Balaban J connectivity index is 1.37. The van der Waals surface area contributed by atoms with E-state index in [2.05, 4.69) is 9.88 Å². The van der Waals surface area contributed by atoms with Crippen LogP contribution in [0.15, 0.2) is 72.9 Å². The van der Waals surface area contributed by atoms with Crippen LogP contribution in [0, 0.1) is 11.2 Å².